The van der Waals surface area contributed by atoms with Gasteiger partial charge >= 0.3 is 5.97 Å². The third-order valence-corrected chi connectivity index (χ3v) is 3.84. The Kier molecular flexibility index (Phi) is 6.70. The number of ether oxygens (including phenoxy) is 1. The number of amides is 1. The molecule has 0 fully saturated rings. The van der Waals surface area contributed by atoms with Crippen LogP contribution in [0.15, 0.2) is 48.2 Å². The van der Waals surface area contributed by atoms with Crippen molar-refractivity contribution in [2.75, 3.05) is 18.6 Å². The number of aryl methyl sites for hydroxylation is 1. The normalized spacial score (nSPS) is 10.3. The van der Waals surface area contributed by atoms with Gasteiger partial charge in [0.2, 0.25) is 5.95 Å². The van der Waals surface area contributed by atoms with Crippen LogP contribution < -0.4 is 4.90 Å². The fourth-order valence-corrected chi connectivity index (χ4v) is 2.15. The van der Waals surface area contributed by atoms with E-state index < -0.39 is 12.0 Å². The topological polar surface area (TPSA) is 72.4 Å². The molecule has 0 N–H and O–H groups in total. The first-order chi connectivity index (χ1) is 12.8. The van der Waals surface area contributed by atoms with Gasteiger partial charge in [-0.25, -0.2) is 14.8 Å². The van der Waals surface area contributed by atoms with Crippen LogP contribution in [0.5, 0.6) is 0 Å². The lowest BCUT2D eigenvalue weighted by Gasteiger charge is -2.16. The lowest BCUT2D eigenvalue weighted by Crippen LogP contribution is -2.28. The summed E-state index contributed by atoms with van der Waals surface area (Å²) in [6, 6.07) is 8.65. The number of carbonyl (C=O) groups excluding carboxylic acids is 2. The number of anilines is 1. The monoisotopic (exact) mass is 375 g/mol. The number of carbonyl (C=O) groups is 2. The molecule has 142 valence electrons. The number of benzene rings is 1. The Morgan fingerprint density at radius 2 is 1.85 bits per heavy atom. The van der Waals surface area contributed by atoms with E-state index in [2.05, 4.69) is 9.97 Å². The van der Waals surface area contributed by atoms with E-state index in [9.17, 15) is 18.4 Å². The van der Waals surface area contributed by atoms with Crippen LogP contribution >= 0.6 is 0 Å². The largest absolute Gasteiger partial charge is 0.462 e. The summed E-state index contributed by atoms with van der Waals surface area (Å²) >= 11 is 0. The van der Waals surface area contributed by atoms with Gasteiger partial charge in [-0.3, -0.25) is 9.69 Å². The Morgan fingerprint density at radius 3 is 2.44 bits per heavy atom. The second-order valence-electron chi connectivity index (χ2n) is 5.83. The van der Waals surface area contributed by atoms with Crippen LogP contribution in [0.1, 0.15) is 39.8 Å². The predicted molar refractivity (Wildman–Crippen MR) is 95.8 cm³/mol. The minimum atomic E-state index is -1.78. The minimum Gasteiger partial charge on any atom is -0.462 e. The van der Waals surface area contributed by atoms with E-state index in [1.807, 2.05) is 0 Å². The van der Waals surface area contributed by atoms with E-state index in [0.29, 0.717) is 11.3 Å². The van der Waals surface area contributed by atoms with E-state index in [1.165, 1.54) is 25.1 Å². The zero-order chi connectivity index (χ0) is 20.0. The third kappa shape index (κ3) is 5.16. The Morgan fingerprint density at radius 1 is 1.19 bits per heavy atom. The molecule has 0 spiro atoms. The van der Waals surface area contributed by atoms with Crippen LogP contribution in [0, 0.1) is 6.92 Å². The first kappa shape index (κ1) is 20.2. The van der Waals surface area contributed by atoms with Gasteiger partial charge in [0.15, 0.2) is 0 Å². The molecule has 8 heteroatoms. The molecule has 2 aromatic rings. The molecule has 0 aliphatic rings. The van der Waals surface area contributed by atoms with Crippen molar-refractivity contribution in [3.63, 3.8) is 0 Å². The molecular weight excluding hydrogens is 356 g/mol. The average molecular weight is 375 g/mol. The lowest BCUT2D eigenvalue weighted by atomic mass is 10.2. The summed E-state index contributed by atoms with van der Waals surface area (Å²) in [6.07, 6.45) is -0.575. The van der Waals surface area contributed by atoms with Crippen LogP contribution in [-0.2, 0) is 4.74 Å². The van der Waals surface area contributed by atoms with E-state index in [1.54, 1.807) is 37.3 Å². The Bertz CT molecular complexity index is 866. The standard InChI is InChI=1S/C19H19F2N3O3/c1-12(16(20)21)9-10-27-18(26)15-11-22-19(23-13(15)2)24(3)17(25)14-7-5-4-6-8-14/h4-8,11H,9-10H2,1-3H3. The fraction of sp³-hybridized carbons (Fsp3) is 0.263. The molecule has 0 aliphatic heterocycles. The lowest BCUT2D eigenvalue weighted by molar-refractivity contribution is 0.0506. The molecule has 0 aliphatic carbocycles. The van der Waals surface area contributed by atoms with E-state index in [0.717, 1.165) is 0 Å². The maximum absolute atomic E-state index is 12.4. The highest BCUT2D eigenvalue weighted by Gasteiger charge is 2.19. The summed E-state index contributed by atoms with van der Waals surface area (Å²) < 4.78 is 29.6. The molecule has 27 heavy (non-hydrogen) atoms. The van der Waals surface area contributed by atoms with E-state index in [4.69, 9.17) is 4.74 Å². The van der Waals surface area contributed by atoms with Gasteiger partial charge in [-0.2, -0.15) is 8.78 Å². The molecular formula is C19H19F2N3O3. The summed E-state index contributed by atoms with van der Waals surface area (Å²) in [7, 11) is 1.53. The fourth-order valence-electron chi connectivity index (χ4n) is 2.15. The molecule has 0 radical (unpaired) electrons. The van der Waals surface area contributed by atoms with Crippen LogP contribution in [0.3, 0.4) is 0 Å². The molecule has 0 saturated heterocycles. The Balaban J connectivity index is 2.07. The SMILES string of the molecule is CC(CCOC(=O)c1cnc(N(C)C(=O)c2ccccc2)nc1C)=C(F)F. The molecule has 1 heterocycles. The van der Waals surface area contributed by atoms with Crippen molar-refractivity contribution >= 4 is 17.8 Å². The highest BCUT2D eigenvalue weighted by Crippen LogP contribution is 2.15. The Labute approximate surface area is 155 Å². The molecule has 0 bridgehead atoms. The highest BCUT2D eigenvalue weighted by molar-refractivity contribution is 6.04. The van der Waals surface area contributed by atoms with Gasteiger partial charge in [0.05, 0.1) is 17.9 Å². The van der Waals surface area contributed by atoms with Gasteiger partial charge in [0.1, 0.15) is 0 Å². The molecule has 2 rings (SSSR count). The predicted octanol–water partition coefficient (Wildman–Crippen LogP) is 3.78. The summed E-state index contributed by atoms with van der Waals surface area (Å²) in [5, 5.41) is 0. The zero-order valence-electron chi connectivity index (χ0n) is 15.2. The number of hydrogen-bond donors (Lipinski definition) is 0. The van der Waals surface area contributed by atoms with Gasteiger partial charge in [-0.15, -0.1) is 0 Å². The molecule has 0 saturated carbocycles. The molecule has 1 aromatic carbocycles. The third-order valence-electron chi connectivity index (χ3n) is 3.84. The average Bonchev–Trinajstić information content (AvgIpc) is 2.67. The summed E-state index contributed by atoms with van der Waals surface area (Å²) in [6.45, 7) is 2.68. The second-order valence-corrected chi connectivity index (χ2v) is 5.83. The van der Waals surface area contributed by atoms with Crippen molar-refractivity contribution in [1.29, 1.82) is 0 Å². The van der Waals surface area contributed by atoms with Gasteiger partial charge < -0.3 is 4.74 Å². The minimum absolute atomic E-state index is 0.0552. The number of esters is 1. The first-order valence-electron chi connectivity index (χ1n) is 8.16. The van der Waals surface area contributed by atoms with Crippen LogP contribution in [-0.4, -0.2) is 35.5 Å². The quantitative estimate of drug-likeness (QED) is 0.719. The van der Waals surface area contributed by atoms with Crippen molar-refractivity contribution in [2.45, 2.75) is 20.3 Å². The van der Waals surface area contributed by atoms with Crippen molar-refractivity contribution in [2.24, 2.45) is 0 Å². The second kappa shape index (κ2) is 8.98. The number of hydrogen-bond acceptors (Lipinski definition) is 5. The van der Waals surface area contributed by atoms with Gasteiger partial charge in [-0.05, 0) is 31.6 Å². The van der Waals surface area contributed by atoms with Gasteiger partial charge in [0, 0.05) is 25.2 Å². The molecule has 1 amide bonds. The Hall–Kier alpha value is -3.16. The molecule has 6 nitrogen and oxygen atoms in total. The molecule has 0 atom stereocenters. The van der Waals surface area contributed by atoms with Crippen molar-refractivity contribution < 1.29 is 23.1 Å². The summed E-state index contributed by atoms with van der Waals surface area (Å²) in [5.41, 5.74) is 0.781. The maximum atomic E-state index is 12.4. The van der Waals surface area contributed by atoms with Gasteiger partial charge in [0.25, 0.3) is 12.0 Å². The van der Waals surface area contributed by atoms with Crippen molar-refractivity contribution in [3.05, 3.63) is 65.0 Å². The number of rotatable bonds is 6. The van der Waals surface area contributed by atoms with Crippen LogP contribution in [0.4, 0.5) is 14.7 Å². The molecule has 0 unspecified atom stereocenters. The van der Waals surface area contributed by atoms with Gasteiger partial charge in [-0.1, -0.05) is 18.2 Å². The van der Waals surface area contributed by atoms with Crippen LogP contribution in [0.2, 0.25) is 0 Å². The highest BCUT2D eigenvalue weighted by atomic mass is 19.3. The zero-order valence-corrected chi connectivity index (χ0v) is 15.2. The number of nitrogens with zero attached hydrogens (tertiary/aromatic N) is 3. The van der Waals surface area contributed by atoms with E-state index >= 15 is 0 Å². The summed E-state index contributed by atoms with van der Waals surface area (Å²) in [4.78, 5) is 34.0. The van der Waals surface area contributed by atoms with Crippen molar-refractivity contribution in [1.82, 2.24) is 9.97 Å². The van der Waals surface area contributed by atoms with E-state index in [-0.39, 0.29) is 36.0 Å². The van der Waals surface area contributed by atoms with Crippen molar-refractivity contribution in [3.8, 4) is 0 Å². The first-order valence-corrected chi connectivity index (χ1v) is 8.16. The van der Waals surface area contributed by atoms with Crippen LogP contribution in [0.25, 0.3) is 0 Å². The number of halogens is 2. The smallest absolute Gasteiger partial charge is 0.341 e. The number of aromatic nitrogens is 2. The summed E-state index contributed by atoms with van der Waals surface area (Å²) in [5.74, 6) is -0.861. The maximum Gasteiger partial charge on any atom is 0.341 e. The molecule has 1 aromatic heterocycles.